The number of carbonyl (C=O) groups excluding carboxylic acids is 1. The second kappa shape index (κ2) is 6.94. The number of nitrogens with zero attached hydrogens (tertiary/aromatic N) is 2. The van der Waals surface area contributed by atoms with E-state index in [0.717, 1.165) is 17.3 Å². The van der Waals surface area contributed by atoms with Gasteiger partial charge in [-0.2, -0.15) is 0 Å². The van der Waals surface area contributed by atoms with Crippen molar-refractivity contribution in [3.8, 4) is 0 Å². The van der Waals surface area contributed by atoms with E-state index < -0.39 is 11.4 Å². The number of amides is 1. The number of benzene rings is 2. The summed E-state index contributed by atoms with van der Waals surface area (Å²) in [6.45, 7) is 3.22. The highest BCUT2D eigenvalue weighted by Gasteiger charge is 2.58. The van der Waals surface area contributed by atoms with Crippen LogP contribution in [0.2, 0.25) is 0 Å². The third kappa shape index (κ3) is 3.09. The van der Waals surface area contributed by atoms with E-state index in [0.29, 0.717) is 31.8 Å². The fourth-order valence-corrected chi connectivity index (χ4v) is 4.52. The number of hydrogen-bond acceptors (Lipinski definition) is 4. The van der Waals surface area contributed by atoms with E-state index in [2.05, 4.69) is 4.90 Å². The Bertz CT molecular complexity index is 883. The number of carboxylic acid groups (broad SMARTS) is 1. The van der Waals surface area contributed by atoms with Crippen LogP contribution in [0.5, 0.6) is 0 Å². The normalized spacial score (nSPS) is 25.1. The molecule has 0 aromatic heterocycles. The molecule has 2 fully saturated rings. The zero-order chi connectivity index (χ0) is 19.0. The van der Waals surface area contributed by atoms with Gasteiger partial charge in [-0.05, 0) is 22.9 Å². The zero-order valence-electron chi connectivity index (χ0n) is 15.4. The van der Waals surface area contributed by atoms with Crippen LogP contribution in [0, 0.1) is 11.3 Å². The number of methoxy groups -OCH3 is 1. The van der Waals surface area contributed by atoms with Gasteiger partial charge in [0.15, 0.2) is 0 Å². The van der Waals surface area contributed by atoms with Crippen molar-refractivity contribution >= 4 is 22.6 Å². The number of carbonyl (C=O) groups is 2. The van der Waals surface area contributed by atoms with Gasteiger partial charge in [-0.25, -0.2) is 0 Å². The second-order valence-electron chi connectivity index (χ2n) is 7.63. The van der Waals surface area contributed by atoms with Crippen molar-refractivity contribution in [2.45, 2.75) is 0 Å². The number of likely N-dealkylation sites (tertiary alicyclic amines) is 2. The van der Waals surface area contributed by atoms with Crippen molar-refractivity contribution in [1.29, 1.82) is 0 Å². The van der Waals surface area contributed by atoms with Crippen LogP contribution in [0.3, 0.4) is 0 Å². The molecule has 1 N–H and O–H groups in total. The summed E-state index contributed by atoms with van der Waals surface area (Å²) in [5.41, 5.74) is -0.259. The molecule has 1 amide bonds. The molecule has 4 rings (SSSR count). The third-order valence-corrected chi connectivity index (χ3v) is 6.00. The number of fused-ring (bicyclic) bond motifs is 2. The van der Waals surface area contributed by atoms with Crippen molar-refractivity contribution in [2.75, 3.05) is 46.4 Å². The number of aliphatic carboxylic acids is 1. The fourth-order valence-electron chi connectivity index (χ4n) is 4.52. The molecule has 6 nitrogen and oxygen atoms in total. The lowest BCUT2D eigenvalue weighted by Crippen LogP contribution is -2.42. The first-order chi connectivity index (χ1) is 13.0. The van der Waals surface area contributed by atoms with Gasteiger partial charge < -0.3 is 14.7 Å². The molecule has 6 heteroatoms. The summed E-state index contributed by atoms with van der Waals surface area (Å²) < 4.78 is 5.12. The molecule has 2 atom stereocenters. The molecule has 0 saturated carbocycles. The van der Waals surface area contributed by atoms with Crippen LogP contribution in [0.25, 0.3) is 10.8 Å². The monoisotopic (exact) mass is 368 g/mol. The van der Waals surface area contributed by atoms with Gasteiger partial charge in [-0.1, -0.05) is 30.3 Å². The highest BCUT2D eigenvalue weighted by Crippen LogP contribution is 2.43. The molecule has 0 aliphatic carbocycles. The Labute approximate surface area is 158 Å². The lowest BCUT2D eigenvalue weighted by molar-refractivity contribution is -0.148. The van der Waals surface area contributed by atoms with Crippen LogP contribution in [-0.2, 0) is 9.53 Å². The number of rotatable bonds is 5. The van der Waals surface area contributed by atoms with Crippen LogP contribution < -0.4 is 0 Å². The van der Waals surface area contributed by atoms with E-state index in [1.165, 1.54) is 0 Å². The number of carboxylic acids is 1. The third-order valence-electron chi connectivity index (χ3n) is 6.00. The van der Waals surface area contributed by atoms with Crippen LogP contribution in [0.1, 0.15) is 10.4 Å². The summed E-state index contributed by atoms with van der Waals surface area (Å²) >= 11 is 0. The number of hydrogen-bond donors (Lipinski definition) is 1. The van der Waals surface area contributed by atoms with Crippen molar-refractivity contribution in [3.63, 3.8) is 0 Å². The van der Waals surface area contributed by atoms with E-state index in [1.807, 2.05) is 42.5 Å². The van der Waals surface area contributed by atoms with Gasteiger partial charge in [-0.3, -0.25) is 14.5 Å². The van der Waals surface area contributed by atoms with E-state index in [9.17, 15) is 14.7 Å². The minimum atomic E-state index is -0.875. The predicted molar refractivity (Wildman–Crippen MR) is 102 cm³/mol. The van der Waals surface area contributed by atoms with Crippen LogP contribution >= 0.6 is 0 Å². The van der Waals surface area contributed by atoms with Crippen LogP contribution in [-0.4, -0.2) is 73.2 Å². The maximum Gasteiger partial charge on any atom is 0.313 e. The lowest BCUT2D eigenvalue weighted by atomic mass is 9.81. The standard InChI is InChI=1S/C21H24N2O4/c1-27-9-8-22-11-18-12-23(14-21(18,13-22)20(25)26)19(24)17-7-6-15-4-2-3-5-16(15)10-17/h2-7,10,18H,8-9,11-14H2,1H3,(H,25,26)/t18-,21-/m1/s1. The Morgan fingerprint density at radius 2 is 1.93 bits per heavy atom. The largest absolute Gasteiger partial charge is 0.481 e. The molecule has 2 aliphatic rings. The summed E-state index contributed by atoms with van der Waals surface area (Å²) in [6.07, 6.45) is 0. The zero-order valence-corrected chi connectivity index (χ0v) is 15.4. The van der Waals surface area contributed by atoms with Gasteiger partial charge >= 0.3 is 5.97 Å². The first kappa shape index (κ1) is 17.9. The van der Waals surface area contributed by atoms with Crippen molar-refractivity contribution in [3.05, 3.63) is 48.0 Å². The smallest absolute Gasteiger partial charge is 0.313 e. The molecule has 2 heterocycles. The van der Waals surface area contributed by atoms with Gasteiger partial charge in [0.2, 0.25) is 0 Å². The molecule has 2 saturated heterocycles. The van der Waals surface area contributed by atoms with E-state index in [-0.39, 0.29) is 18.4 Å². The van der Waals surface area contributed by atoms with Gasteiger partial charge in [0.1, 0.15) is 5.41 Å². The highest BCUT2D eigenvalue weighted by molar-refractivity contribution is 5.99. The molecule has 27 heavy (non-hydrogen) atoms. The Kier molecular flexibility index (Phi) is 4.61. The molecule has 142 valence electrons. The molecule has 0 unspecified atom stereocenters. The molecule has 2 aromatic rings. The average molecular weight is 368 g/mol. The molecular weight excluding hydrogens is 344 g/mol. The Hall–Kier alpha value is -2.44. The summed E-state index contributed by atoms with van der Waals surface area (Å²) in [4.78, 5) is 29.0. The average Bonchev–Trinajstić information content (AvgIpc) is 3.20. The molecule has 2 aromatic carbocycles. The van der Waals surface area contributed by atoms with Gasteiger partial charge in [-0.15, -0.1) is 0 Å². The van der Waals surface area contributed by atoms with Crippen LogP contribution in [0.15, 0.2) is 42.5 Å². The minimum Gasteiger partial charge on any atom is -0.481 e. The van der Waals surface area contributed by atoms with Gasteiger partial charge in [0.05, 0.1) is 6.61 Å². The molecule has 0 bridgehead atoms. The fraction of sp³-hybridized carbons (Fsp3) is 0.429. The van der Waals surface area contributed by atoms with E-state index in [4.69, 9.17) is 4.74 Å². The summed E-state index contributed by atoms with van der Waals surface area (Å²) in [5, 5.41) is 12.0. The van der Waals surface area contributed by atoms with Crippen molar-refractivity contribution in [1.82, 2.24) is 9.80 Å². The van der Waals surface area contributed by atoms with E-state index in [1.54, 1.807) is 12.0 Å². The molecule has 0 radical (unpaired) electrons. The second-order valence-corrected chi connectivity index (χ2v) is 7.63. The van der Waals surface area contributed by atoms with Gasteiger partial charge in [0, 0.05) is 51.3 Å². The van der Waals surface area contributed by atoms with Crippen molar-refractivity contribution < 1.29 is 19.4 Å². The lowest BCUT2D eigenvalue weighted by Gasteiger charge is -2.25. The first-order valence-corrected chi connectivity index (χ1v) is 9.26. The molecular formula is C21H24N2O4. The quantitative estimate of drug-likeness (QED) is 0.874. The number of ether oxygens (including phenoxy) is 1. The summed E-state index contributed by atoms with van der Waals surface area (Å²) in [7, 11) is 1.65. The highest BCUT2D eigenvalue weighted by atomic mass is 16.5. The first-order valence-electron chi connectivity index (χ1n) is 9.26. The maximum absolute atomic E-state index is 13.0. The predicted octanol–water partition coefficient (Wildman–Crippen LogP) is 1.94. The van der Waals surface area contributed by atoms with Gasteiger partial charge in [0.25, 0.3) is 5.91 Å². The Morgan fingerprint density at radius 1 is 1.15 bits per heavy atom. The minimum absolute atomic E-state index is 0.0451. The van der Waals surface area contributed by atoms with E-state index >= 15 is 0 Å². The topological polar surface area (TPSA) is 70.1 Å². The maximum atomic E-state index is 13.0. The van der Waals surface area contributed by atoms with Crippen LogP contribution in [0.4, 0.5) is 0 Å². The Morgan fingerprint density at radius 3 is 2.63 bits per heavy atom. The van der Waals surface area contributed by atoms with Crippen molar-refractivity contribution in [2.24, 2.45) is 11.3 Å². The Balaban J connectivity index is 1.54. The molecule has 2 aliphatic heterocycles. The summed E-state index contributed by atoms with van der Waals surface area (Å²) in [5.74, 6) is -0.934. The molecule has 0 spiro atoms. The SMILES string of the molecule is COCCN1C[C@@H]2CN(C(=O)c3ccc4ccccc4c3)C[C@]2(C(=O)O)C1. The summed E-state index contributed by atoms with van der Waals surface area (Å²) in [6, 6.07) is 13.6.